The van der Waals surface area contributed by atoms with Crippen molar-refractivity contribution >= 4 is 27.8 Å². The van der Waals surface area contributed by atoms with Gasteiger partial charge in [0.15, 0.2) is 0 Å². The van der Waals surface area contributed by atoms with Gasteiger partial charge in [0, 0.05) is 16.6 Å². The highest BCUT2D eigenvalue weighted by molar-refractivity contribution is 9.10. The summed E-state index contributed by atoms with van der Waals surface area (Å²) in [6, 6.07) is 3.21. The smallest absolute Gasteiger partial charge is 0.337 e. The van der Waals surface area contributed by atoms with E-state index in [2.05, 4.69) is 26.0 Å². The van der Waals surface area contributed by atoms with Crippen LogP contribution in [-0.4, -0.2) is 19.0 Å². The molecular formula is C10H8BrNO3. The quantitative estimate of drug-likeness (QED) is 0.786. The van der Waals surface area contributed by atoms with E-state index in [0.29, 0.717) is 17.7 Å². The van der Waals surface area contributed by atoms with E-state index in [1.807, 2.05) is 0 Å². The third kappa shape index (κ3) is 1.63. The number of hydrogen-bond acceptors (Lipinski definition) is 3. The van der Waals surface area contributed by atoms with Crippen molar-refractivity contribution in [2.75, 3.05) is 7.11 Å². The lowest BCUT2D eigenvalue weighted by Crippen LogP contribution is -2.12. The zero-order valence-electron chi connectivity index (χ0n) is 7.96. The topological polar surface area (TPSA) is 55.4 Å². The van der Waals surface area contributed by atoms with E-state index in [9.17, 15) is 9.59 Å². The van der Waals surface area contributed by atoms with Crippen molar-refractivity contribution in [2.45, 2.75) is 6.54 Å². The van der Waals surface area contributed by atoms with Crippen LogP contribution in [0.5, 0.6) is 0 Å². The number of carbonyl (C=O) groups excluding carboxylic acids is 2. The standard InChI is InChI=1S/C10H8BrNO3/c1-15-10(14)5-2-6-7(8(11)3-5)4-12-9(6)13/h2-3H,4H2,1H3,(H,12,13). The van der Waals surface area contributed by atoms with E-state index in [0.717, 1.165) is 10.0 Å². The van der Waals surface area contributed by atoms with Gasteiger partial charge in [0.1, 0.15) is 0 Å². The summed E-state index contributed by atoms with van der Waals surface area (Å²) >= 11 is 3.32. The fourth-order valence-electron chi connectivity index (χ4n) is 1.52. The molecule has 0 saturated carbocycles. The average Bonchev–Trinajstić information content (AvgIpc) is 2.60. The minimum atomic E-state index is -0.446. The van der Waals surface area contributed by atoms with Gasteiger partial charge in [-0.1, -0.05) is 15.9 Å². The summed E-state index contributed by atoms with van der Waals surface area (Å²) in [5, 5.41) is 2.69. The third-order valence-corrected chi connectivity index (χ3v) is 2.99. The van der Waals surface area contributed by atoms with Crippen LogP contribution in [0.3, 0.4) is 0 Å². The lowest BCUT2D eigenvalue weighted by molar-refractivity contribution is 0.0600. The van der Waals surface area contributed by atoms with Crippen molar-refractivity contribution < 1.29 is 14.3 Å². The summed E-state index contributed by atoms with van der Waals surface area (Å²) in [5.74, 6) is -0.602. The number of nitrogens with one attached hydrogen (secondary N) is 1. The molecule has 0 bridgehead atoms. The Morgan fingerprint density at radius 1 is 1.53 bits per heavy atom. The predicted octanol–water partition coefficient (Wildman–Crippen LogP) is 1.48. The fourth-order valence-corrected chi connectivity index (χ4v) is 2.12. The summed E-state index contributed by atoms with van der Waals surface area (Å²) in [5.41, 5.74) is 1.79. The van der Waals surface area contributed by atoms with Crippen molar-refractivity contribution in [3.63, 3.8) is 0 Å². The van der Waals surface area contributed by atoms with Crippen LogP contribution >= 0.6 is 15.9 Å². The van der Waals surface area contributed by atoms with Crippen LogP contribution in [0.2, 0.25) is 0 Å². The SMILES string of the molecule is COC(=O)c1cc(Br)c2c(c1)C(=O)NC2. The van der Waals surface area contributed by atoms with Crippen molar-refractivity contribution in [3.8, 4) is 0 Å². The minimum Gasteiger partial charge on any atom is -0.465 e. The van der Waals surface area contributed by atoms with E-state index in [1.165, 1.54) is 7.11 Å². The van der Waals surface area contributed by atoms with Crippen LogP contribution in [0.25, 0.3) is 0 Å². The largest absolute Gasteiger partial charge is 0.465 e. The first-order valence-corrected chi connectivity index (χ1v) is 5.11. The van der Waals surface area contributed by atoms with Crippen molar-refractivity contribution in [1.82, 2.24) is 5.32 Å². The number of esters is 1. The molecule has 0 spiro atoms. The second-order valence-corrected chi connectivity index (χ2v) is 4.01. The number of hydrogen-bond donors (Lipinski definition) is 1. The van der Waals surface area contributed by atoms with Crippen LogP contribution in [0.1, 0.15) is 26.3 Å². The van der Waals surface area contributed by atoms with Crippen LogP contribution in [0.4, 0.5) is 0 Å². The molecule has 0 atom stereocenters. The molecule has 1 N–H and O–H groups in total. The van der Waals surface area contributed by atoms with Crippen LogP contribution in [0.15, 0.2) is 16.6 Å². The normalized spacial score (nSPS) is 13.3. The molecule has 2 rings (SSSR count). The Hall–Kier alpha value is -1.36. The van der Waals surface area contributed by atoms with Crippen LogP contribution < -0.4 is 5.32 Å². The van der Waals surface area contributed by atoms with Gasteiger partial charge in [0.25, 0.3) is 5.91 Å². The Morgan fingerprint density at radius 3 is 2.93 bits per heavy atom. The molecule has 0 saturated heterocycles. The van der Waals surface area contributed by atoms with E-state index >= 15 is 0 Å². The lowest BCUT2D eigenvalue weighted by atomic mass is 10.1. The number of amides is 1. The summed E-state index contributed by atoms with van der Waals surface area (Å²) in [6.45, 7) is 0.496. The summed E-state index contributed by atoms with van der Waals surface area (Å²) in [7, 11) is 1.31. The number of rotatable bonds is 1. The zero-order chi connectivity index (χ0) is 11.0. The molecule has 4 nitrogen and oxygen atoms in total. The molecule has 1 aliphatic heterocycles. The van der Waals surface area contributed by atoms with Gasteiger partial charge in [0.2, 0.25) is 0 Å². The van der Waals surface area contributed by atoms with E-state index in [-0.39, 0.29) is 5.91 Å². The number of halogens is 1. The van der Waals surface area contributed by atoms with Gasteiger partial charge in [0.05, 0.1) is 12.7 Å². The number of carbonyl (C=O) groups is 2. The van der Waals surface area contributed by atoms with Gasteiger partial charge in [-0.25, -0.2) is 4.79 Å². The second kappa shape index (κ2) is 3.66. The molecule has 0 aromatic heterocycles. The first-order chi connectivity index (χ1) is 7.13. The third-order valence-electron chi connectivity index (χ3n) is 2.29. The van der Waals surface area contributed by atoms with E-state index in [4.69, 9.17) is 0 Å². The van der Waals surface area contributed by atoms with Crippen molar-refractivity contribution in [2.24, 2.45) is 0 Å². The molecule has 15 heavy (non-hydrogen) atoms. The van der Waals surface area contributed by atoms with Gasteiger partial charge < -0.3 is 10.1 Å². The van der Waals surface area contributed by atoms with Crippen LogP contribution in [-0.2, 0) is 11.3 Å². The van der Waals surface area contributed by atoms with Gasteiger partial charge in [-0.3, -0.25) is 4.79 Å². The number of fused-ring (bicyclic) bond motifs is 1. The maximum atomic E-state index is 11.4. The number of ether oxygens (including phenoxy) is 1. The van der Waals surface area contributed by atoms with E-state index in [1.54, 1.807) is 12.1 Å². The molecule has 1 aromatic rings. The summed E-state index contributed by atoms with van der Waals surface area (Å²) < 4.78 is 5.34. The number of methoxy groups -OCH3 is 1. The monoisotopic (exact) mass is 269 g/mol. The molecule has 1 aliphatic rings. The second-order valence-electron chi connectivity index (χ2n) is 3.16. The Labute approximate surface area is 94.7 Å². The summed E-state index contributed by atoms with van der Waals surface area (Å²) in [6.07, 6.45) is 0. The highest BCUT2D eigenvalue weighted by Crippen LogP contribution is 2.26. The van der Waals surface area contributed by atoms with Gasteiger partial charge in [-0.05, 0) is 17.7 Å². The Kier molecular flexibility index (Phi) is 2.48. The van der Waals surface area contributed by atoms with E-state index < -0.39 is 5.97 Å². The molecule has 0 radical (unpaired) electrons. The molecular weight excluding hydrogens is 262 g/mol. The highest BCUT2D eigenvalue weighted by Gasteiger charge is 2.23. The lowest BCUT2D eigenvalue weighted by Gasteiger charge is -2.03. The highest BCUT2D eigenvalue weighted by atomic mass is 79.9. The van der Waals surface area contributed by atoms with Gasteiger partial charge >= 0.3 is 5.97 Å². The molecule has 1 aromatic carbocycles. The van der Waals surface area contributed by atoms with Crippen molar-refractivity contribution in [3.05, 3.63) is 33.3 Å². The molecule has 0 unspecified atom stereocenters. The van der Waals surface area contributed by atoms with Gasteiger partial charge in [-0.15, -0.1) is 0 Å². The van der Waals surface area contributed by atoms with Crippen molar-refractivity contribution in [1.29, 1.82) is 0 Å². The van der Waals surface area contributed by atoms with Gasteiger partial charge in [-0.2, -0.15) is 0 Å². The average molecular weight is 270 g/mol. The summed E-state index contributed by atoms with van der Waals surface area (Å²) in [4.78, 5) is 22.7. The molecule has 0 aliphatic carbocycles. The van der Waals surface area contributed by atoms with Crippen LogP contribution in [0, 0.1) is 0 Å². The molecule has 1 heterocycles. The fraction of sp³-hybridized carbons (Fsp3) is 0.200. The molecule has 0 fully saturated rings. The first-order valence-electron chi connectivity index (χ1n) is 4.32. The molecule has 1 amide bonds. The maximum absolute atomic E-state index is 11.4. The minimum absolute atomic E-state index is 0.156. The Bertz CT molecular complexity index is 456. The zero-order valence-corrected chi connectivity index (χ0v) is 9.55. The Morgan fingerprint density at radius 2 is 2.27 bits per heavy atom. The molecule has 78 valence electrons. The number of benzene rings is 1. The first kappa shape index (κ1) is 10.2. The maximum Gasteiger partial charge on any atom is 0.337 e. The molecule has 5 heteroatoms. The predicted molar refractivity (Wildman–Crippen MR) is 56.7 cm³/mol. The Balaban J connectivity index is 2.55.